The van der Waals surface area contributed by atoms with Crippen molar-refractivity contribution in [2.45, 2.75) is 70.1 Å². The molecule has 8 nitrogen and oxygen atoms in total. The lowest BCUT2D eigenvalue weighted by Crippen LogP contribution is -2.48. The number of nitrogens with one attached hydrogen (secondary N) is 1. The number of rotatable bonds is 11. The summed E-state index contributed by atoms with van der Waals surface area (Å²) in [5.74, 6) is -1.37. The van der Waals surface area contributed by atoms with Gasteiger partial charge < -0.3 is 29.4 Å². The fourth-order valence-electron chi connectivity index (χ4n) is 3.77. The van der Waals surface area contributed by atoms with Crippen molar-refractivity contribution in [2.75, 3.05) is 6.61 Å². The van der Waals surface area contributed by atoms with Crippen molar-refractivity contribution in [3.05, 3.63) is 48.2 Å². The molecule has 1 saturated heterocycles. The highest BCUT2D eigenvalue weighted by Gasteiger charge is 2.38. The number of hydrogen-bond donors (Lipinski definition) is 3. The number of fused-ring (bicyclic) bond motifs is 1. The van der Waals surface area contributed by atoms with Gasteiger partial charge in [-0.2, -0.15) is 0 Å². The van der Waals surface area contributed by atoms with Gasteiger partial charge in [0, 0.05) is 36.2 Å². The highest BCUT2D eigenvalue weighted by Crippen LogP contribution is 2.26. The van der Waals surface area contributed by atoms with Crippen molar-refractivity contribution in [3.63, 3.8) is 0 Å². The van der Waals surface area contributed by atoms with Gasteiger partial charge in [0.15, 0.2) is 6.29 Å². The number of aliphatic hydroxyl groups is 1. The number of carbonyl (C=O) groups excluding carboxylic acids is 1. The minimum atomic E-state index is -0.923. The third kappa shape index (κ3) is 6.66. The molecule has 0 unspecified atom stereocenters. The Labute approximate surface area is 187 Å². The first-order chi connectivity index (χ1) is 15.5. The monoisotopic (exact) mass is 445 g/mol. The zero-order valence-electron chi connectivity index (χ0n) is 18.2. The topological polar surface area (TPSA) is 118 Å². The van der Waals surface area contributed by atoms with Crippen molar-refractivity contribution in [1.29, 1.82) is 0 Å². The van der Waals surface area contributed by atoms with E-state index in [9.17, 15) is 14.7 Å². The van der Waals surface area contributed by atoms with Crippen LogP contribution in [0, 0.1) is 0 Å². The second-order valence-electron chi connectivity index (χ2n) is 8.02. The number of esters is 1. The maximum Gasteiger partial charge on any atom is 0.340 e. The first kappa shape index (κ1) is 24.0. The zero-order chi connectivity index (χ0) is 22.9. The van der Waals surface area contributed by atoms with E-state index in [0.717, 1.165) is 49.1 Å². The molecule has 0 radical (unpaired) electrons. The predicted octanol–water partition coefficient (Wildman–Crippen LogP) is 3.80. The molecule has 1 aromatic heterocycles. The van der Waals surface area contributed by atoms with Gasteiger partial charge >= 0.3 is 11.9 Å². The summed E-state index contributed by atoms with van der Waals surface area (Å²) in [4.78, 5) is 26.1. The quantitative estimate of drug-likeness (QED) is 0.273. The van der Waals surface area contributed by atoms with Crippen molar-refractivity contribution in [2.24, 2.45) is 0 Å². The summed E-state index contributed by atoms with van der Waals surface area (Å²) in [6.07, 6.45) is 6.52. The number of ether oxygens (including phenoxy) is 3. The molecule has 1 aromatic carbocycles. The van der Waals surface area contributed by atoms with Crippen molar-refractivity contribution < 1.29 is 34.0 Å². The van der Waals surface area contributed by atoms with Gasteiger partial charge in [-0.25, -0.2) is 9.59 Å². The molecule has 8 heteroatoms. The Hall–Kier alpha value is -2.68. The maximum absolute atomic E-state index is 12.6. The average Bonchev–Trinajstić information content (AvgIpc) is 3.19. The van der Waals surface area contributed by atoms with Gasteiger partial charge in [0.05, 0.1) is 11.7 Å². The molecule has 4 atom stereocenters. The predicted molar refractivity (Wildman–Crippen MR) is 118 cm³/mol. The molecule has 0 amide bonds. The maximum atomic E-state index is 12.6. The first-order valence-electron chi connectivity index (χ1n) is 11.1. The largest absolute Gasteiger partial charge is 0.478 e. The van der Waals surface area contributed by atoms with Crippen LogP contribution in [-0.4, -0.2) is 58.3 Å². The molecular formula is C24H31NO7. The van der Waals surface area contributed by atoms with E-state index in [1.54, 1.807) is 19.2 Å². The summed E-state index contributed by atoms with van der Waals surface area (Å²) in [6, 6.07) is 7.50. The molecule has 1 aliphatic heterocycles. The number of allylic oxidation sites excluding steroid dienone is 1. The van der Waals surface area contributed by atoms with Crippen molar-refractivity contribution in [1.82, 2.24) is 4.98 Å². The third-order valence-corrected chi connectivity index (χ3v) is 5.54. The van der Waals surface area contributed by atoms with Crippen molar-refractivity contribution in [3.8, 4) is 0 Å². The third-order valence-electron chi connectivity index (χ3n) is 5.54. The van der Waals surface area contributed by atoms with Crippen LogP contribution in [0.5, 0.6) is 0 Å². The minimum absolute atomic E-state index is 0.246. The average molecular weight is 446 g/mol. The molecule has 0 bridgehead atoms. The number of aliphatic carboxylic acids is 1. The number of unbranched alkanes of at least 4 members (excludes halogenated alkanes) is 4. The van der Waals surface area contributed by atoms with Gasteiger partial charge in [0.1, 0.15) is 12.2 Å². The molecule has 0 aliphatic carbocycles. The van der Waals surface area contributed by atoms with Crippen LogP contribution in [0.15, 0.2) is 42.6 Å². The fraction of sp³-hybridized carbons (Fsp3) is 0.500. The van der Waals surface area contributed by atoms with Gasteiger partial charge in [-0.15, -0.1) is 0 Å². The number of carboxylic acid groups (broad SMARTS) is 1. The number of aliphatic hydroxyl groups excluding tert-OH is 1. The summed E-state index contributed by atoms with van der Waals surface area (Å²) < 4.78 is 17.1. The van der Waals surface area contributed by atoms with E-state index in [-0.39, 0.29) is 6.42 Å². The second-order valence-corrected chi connectivity index (χ2v) is 8.02. The van der Waals surface area contributed by atoms with Crippen LogP contribution in [0.4, 0.5) is 0 Å². The Morgan fingerprint density at radius 1 is 1.22 bits per heavy atom. The lowest BCUT2D eigenvalue weighted by atomic mass is 10.0. The summed E-state index contributed by atoms with van der Waals surface area (Å²) in [5.41, 5.74) is 1.32. The number of H-pyrrole nitrogens is 1. The summed E-state index contributed by atoms with van der Waals surface area (Å²) in [5, 5.41) is 19.7. The lowest BCUT2D eigenvalue weighted by molar-refractivity contribution is -0.260. The Bertz CT molecular complexity index is 922. The number of carboxylic acids is 1. The van der Waals surface area contributed by atoms with E-state index in [2.05, 4.69) is 4.98 Å². The van der Waals surface area contributed by atoms with Gasteiger partial charge in [0.2, 0.25) is 0 Å². The molecule has 2 aromatic rings. The van der Waals surface area contributed by atoms with Crippen LogP contribution in [0.2, 0.25) is 0 Å². The van der Waals surface area contributed by atoms with E-state index in [4.69, 9.17) is 19.3 Å². The van der Waals surface area contributed by atoms with Gasteiger partial charge in [-0.05, 0) is 32.3 Å². The lowest BCUT2D eigenvalue weighted by Gasteiger charge is -2.37. The number of aromatic nitrogens is 1. The van der Waals surface area contributed by atoms with Crippen LogP contribution in [0.1, 0.15) is 55.8 Å². The smallest absolute Gasteiger partial charge is 0.340 e. The van der Waals surface area contributed by atoms with Crippen LogP contribution in [-0.2, 0) is 19.0 Å². The van der Waals surface area contributed by atoms with Crippen molar-refractivity contribution >= 4 is 22.8 Å². The highest BCUT2D eigenvalue weighted by molar-refractivity contribution is 6.04. The van der Waals surface area contributed by atoms with Crippen LogP contribution in [0.3, 0.4) is 0 Å². The van der Waals surface area contributed by atoms with Crippen LogP contribution < -0.4 is 0 Å². The number of benzene rings is 1. The summed E-state index contributed by atoms with van der Waals surface area (Å²) in [7, 11) is 0. The SMILES string of the molecule is C[C@@H]1O[C@@H](OCCCCCC/C=C/C(=O)O)[C@H](O)C[C@H]1OC(=O)c1c[nH]c2ccccc12. The molecular weight excluding hydrogens is 414 g/mol. The molecule has 2 heterocycles. The highest BCUT2D eigenvalue weighted by atomic mass is 16.7. The zero-order valence-corrected chi connectivity index (χ0v) is 18.2. The number of aromatic amines is 1. The van der Waals surface area contributed by atoms with Gasteiger partial charge in [-0.1, -0.05) is 37.1 Å². The Morgan fingerprint density at radius 3 is 2.81 bits per heavy atom. The first-order valence-corrected chi connectivity index (χ1v) is 11.1. The van der Waals surface area contributed by atoms with E-state index in [0.29, 0.717) is 12.2 Å². The molecule has 0 spiro atoms. The van der Waals surface area contributed by atoms with Gasteiger partial charge in [0.25, 0.3) is 0 Å². The molecule has 3 rings (SSSR count). The standard InChI is InChI=1S/C24H31NO7/c1-16-21(32-23(29)18-15-25-19-11-8-7-10-17(18)19)14-20(26)24(31-16)30-13-9-5-3-2-4-6-12-22(27)28/h6-8,10-12,15-16,20-21,24-26H,2-5,9,13-14H2,1H3,(H,27,28)/b12-6+/t16-,20+,21+,24+/m0/s1. The molecule has 1 fully saturated rings. The summed E-state index contributed by atoms with van der Waals surface area (Å²) in [6.45, 7) is 2.26. The Kier molecular flexibility index (Phi) is 8.84. The molecule has 1 aliphatic rings. The normalized spacial score (nSPS) is 23.6. The van der Waals surface area contributed by atoms with Crippen LogP contribution >= 0.6 is 0 Å². The Morgan fingerprint density at radius 2 is 2.00 bits per heavy atom. The number of hydrogen-bond acceptors (Lipinski definition) is 6. The molecule has 0 saturated carbocycles. The van der Waals surface area contributed by atoms with E-state index in [1.165, 1.54) is 0 Å². The number of carbonyl (C=O) groups is 2. The van der Waals surface area contributed by atoms with Crippen LogP contribution in [0.25, 0.3) is 10.9 Å². The fourth-order valence-corrected chi connectivity index (χ4v) is 3.77. The summed E-state index contributed by atoms with van der Waals surface area (Å²) >= 11 is 0. The molecule has 174 valence electrons. The van der Waals surface area contributed by atoms with E-state index in [1.807, 2.05) is 24.3 Å². The minimum Gasteiger partial charge on any atom is -0.478 e. The van der Waals surface area contributed by atoms with Gasteiger partial charge in [-0.3, -0.25) is 0 Å². The molecule has 32 heavy (non-hydrogen) atoms. The van der Waals surface area contributed by atoms with E-state index >= 15 is 0 Å². The van der Waals surface area contributed by atoms with E-state index < -0.39 is 36.5 Å². The Balaban J connectivity index is 1.37. The number of para-hydroxylation sites is 1. The second kappa shape index (κ2) is 11.8. The molecule has 3 N–H and O–H groups in total.